The van der Waals surface area contributed by atoms with E-state index in [0.29, 0.717) is 30.9 Å². The highest BCUT2D eigenvalue weighted by Crippen LogP contribution is 2.46. The van der Waals surface area contributed by atoms with Crippen molar-refractivity contribution in [2.24, 2.45) is 7.05 Å². The second kappa shape index (κ2) is 7.45. The molecule has 1 saturated heterocycles. The summed E-state index contributed by atoms with van der Waals surface area (Å²) in [6, 6.07) is 7.61. The summed E-state index contributed by atoms with van der Waals surface area (Å²) in [5.74, 6) is -3.98. The van der Waals surface area contributed by atoms with Crippen molar-refractivity contribution in [1.82, 2.24) is 14.7 Å². The SMILES string of the molecule is Cn1nc2c(c1-c1cc(F)c(F)c(F)c1)CC1CCC2N1C(=O)c1ccc2c(c1)COCC2. The van der Waals surface area contributed by atoms with Crippen molar-refractivity contribution >= 4 is 5.91 Å². The van der Waals surface area contributed by atoms with Gasteiger partial charge in [0.15, 0.2) is 17.5 Å². The number of aromatic nitrogens is 2. The fraction of sp³-hybridized carbons (Fsp3) is 0.360. The Morgan fingerprint density at radius 2 is 1.88 bits per heavy atom. The summed E-state index contributed by atoms with van der Waals surface area (Å²) in [5.41, 5.74) is 5.35. The van der Waals surface area contributed by atoms with Crippen LogP contribution in [0.4, 0.5) is 13.2 Å². The van der Waals surface area contributed by atoms with E-state index < -0.39 is 17.5 Å². The average molecular weight is 453 g/mol. The summed E-state index contributed by atoms with van der Waals surface area (Å²) in [6.07, 6.45) is 3.00. The van der Waals surface area contributed by atoms with Crippen LogP contribution in [0.3, 0.4) is 0 Å². The molecule has 5 nitrogen and oxygen atoms in total. The number of benzene rings is 2. The Morgan fingerprint density at radius 3 is 2.67 bits per heavy atom. The van der Waals surface area contributed by atoms with Gasteiger partial charge < -0.3 is 9.64 Å². The molecule has 0 saturated carbocycles. The van der Waals surface area contributed by atoms with Crippen molar-refractivity contribution in [1.29, 1.82) is 0 Å². The Bertz CT molecular complexity index is 1280. The van der Waals surface area contributed by atoms with Gasteiger partial charge in [-0.3, -0.25) is 9.48 Å². The van der Waals surface area contributed by atoms with Crippen LogP contribution in [0.15, 0.2) is 30.3 Å². The standard InChI is InChI=1S/C25H22F3N3O2/c1-30-24(15-9-19(26)22(28)20(27)10-15)18-11-17-4-5-21(23(18)29-30)31(17)25(32)14-3-2-13-6-7-33-12-16(13)8-14/h2-3,8-10,17,21H,4-7,11-12H2,1H3. The molecule has 33 heavy (non-hydrogen) atoms. The van der Waals surface area contributed by atoms with Crippen LogP contribution in [0.2, 0.25) is 0 Å². The van der Waals surface area contributed by atoms with E-state index in [4.69, 9.17) is 4.74 Å². The number of carbonyl (C=O) groups excluding carboxylic acids is 1. The van der Waals surface area contributed by atoms with Gasteiger partial charge in [-0.1, -0.05) is 6.07 Å². The number of hydrogen-bond acceptors (Lipinski definition) is 3. The smallest absolute Gasteiger partial charge is 0.254 e. The van der Waals surface area contributed by atoms with E-state index in [1.165, 1.54) is 5.56 Å². The van der Waals surface area contributed by atoms with Crippen molar-refractivity contribution in [2.75, 3.05) is 6.61 Å². The third-order valence-corrected chi connectivity index (χ3v) is 7.15. The Hall–Kier alpha value is -3.13. The number of hydrogen-bond donors (Lipinski definition) is 0. The van der Waals surface area contributed by atoms with Crippen LogP contribution in [-0.4, -0.2) is 33.2 Å². The van der Waals surface area contributed by atoms with Gasteiger partial charge in [0.2, 0.25) is 0 Å². The Balaban J connectivity index is 1.38. The lowest BCUT2D eigenvalue weighted by Gasteiger charge is -2.34. The molecule has 0 radical (unpaired) electrons. The molecule has 3 aromatic rings. The van der Waals surface area contributed by atoms with E-state index in [-0.39, 0.29) is 23.6 Å². The minimum absolute atomic E-state index is 0.0274. The van der Waals surface area contributed by atoms with Crippen LogP contribution in [0.5, 0.6) is 0 Å². The molecule has 1 amide bonds. The molecule has 6 rings (SSSR count). The molecule has 0 N–H and O–H groups in total. The first-order valence-corrected chi connectivity index (χ1v) is 11.1. The number of ether oxygens (including phenoxy) is 1. The Morgan fingerprint density at radius 1 is 1.09 bits per heavy atom. The Labute approximate surface area is 188 Å². The number of amides is 1. The molecular formula is C25H22F3N3O2. The quantitative estimate of drug-likeness (QED) is 0.538. The summed E-state index contributed by atoms with van der Waals surface area (Å²) in [6.45, 7) is 1.21. The molecule has 2 atom stereocenters. The number of rotatable bonds is 2. The maximum Gasteiger partial charge on any atom is 0.254 e. The maximum atomic E-state index is 13.9. The maximum absolute atomic E-state index is 13.9. The number of fused-ring (bicyclic) bond motifs is 5. The van der Waals surface area contributed by atoms with E-state index >= 15 is 0 Å². The minimum Gasteiger partial charge on any atom is -0.376 e. The van der Waals surface area contributed by atoms with Gasteiger partial charge >= 0.3 is 0 Å². The highest BCUT2D eigenvalue weighted by atomic mass is 19.2. The van der Waals surface area contributed by atoms with Gasteiger partial charge in [-0.2, -0.15) is 5.10 Å². The second-order valence-corrected chi connectivity index (χ2v) is 9.04. The fourth-order valence-corrected chi connectivity index (χ4v) is 5.66. The first-order valence-electron chi connectivity index (χ1n) is 11.1. The van der Waals surface area contributed by atoms with E-state index in [1.807, 2.05) is 23.1 Å². The second-order valence-electron chi connectivity index (χ2n) is 9.04. The molecule has 170 valence electrons. The first kappa shape index (κ1) is 20.5. The molecule has 0 spiro atoms. The summed E-state index contributed by atoms with van der Waals surface area (Å²) in [4.78, 5) is 15.5. The van der Waals surface area contributed by atoms with Crippen LogP contribution >= 0.6 is 0 Å². The van der Waals surface area contributed by atoms with Crippen LogP contribution < -0.4 is 0 Å². The van der Waals surface area contributed by atoms with Crippen LogP contribution in [-0.2, 0) is 31.2 Å². The predicted molar refractivity (Wildman–Crippen MR) is 114 cm³/mol. The van der Waals surface area contributed by atoms with E-state index in [2.05, 4.69) is 5.10 Å². The van der Waals surface area contributed by atoms with Gasteiger partial charge in [-0.25, -0.2) is 13.2 Å². The Kier molecular flexibility index (Phi) is 4.62. The lowest BCUT2D eigenvalue weighted by atomic mass is 9.93. The predicted octanol–water partition coefficient (Wildman–Crippen LogP) is 4.48. The molecule has 3 aliphatic heterocycles. The molecule has 1 fully saturated rings. The number of carbonyl (C=O) groups is 1. The van der Waals surface area contributed by atoms with Crippen LogP contribution in [0.1, 0.15) is 51.6 Å². The fourth-order valence-electron chi connectivity index (χ4n) is 5.66. The highest BCUT2D eigenvalue weighted by Gasteiger charge is 2.46. The van der Waals surface area contributed by atoms with Crippen LogP contribution in [0.25, 0.3) is 11.3 Å². The van der Waals surface area contributed by atoms with Gasteiger partial charge in [-0.15, -0.1) is 0 Å². The molecule has 3 aliphatic rings. The molecule has 8 heteroatoms. The summed E-state index contributed by atoms with van der Waals surface area (Å²) in [5, 5.41) is 4.65. The zero-order valence-electron chi connectivity index (χ0n) is 18.1. The zero-order valence-corrected chi connectivity index (χ0v) is 18.1. The van der Waals surface area contributed by atoms with Gasteiger partial charge in [0.05, 0.1) is 30.6 Å². The molecule has 0 aliphatic carbocycles. The lowest BCUT2D eigenvalue weighted by Crippen LogP contribution is -2.42. The average Bonchev–Trinajstić information content (AvgIpc) is 3.32. The summed E-state index contributed by atoms with van der Waals surface area (Å²) >= 11 is 0. The molecule has 2 aromatic carbocycles. The highest BCUT2D eigenvalue weighted by molar-refractivity contribution is 5.95. The lowest BCUT2D eigenvalue weighted by molar-refractivity contribution is 0.0641. The van der Waals surface area contributed by atoms with E-state index in [9.17, 15) is 18.0 Å². The normalized spacial score (nSPS) is 21.2. The van der Waals surface area contributed by atoms with Crippen LogP contribution in [0, 0.1) is 17.5 Å². The molecule has 1 aromatic heterocycles. The molecular weight excluding hydrogens is 431 g/mol. The first-order chi connectivity index (χ1) is 15.9. The molecule has 2 unspecified atom stereocenters. The number of halogens is 3. The van der Waals surface area contributed by atoms with Crippen molar-refractivity contribution in [3.63, 3.8) is 0 Å². The number of nitrogens with zero attached hydrogens (tertiary/aromatic N) is 3. The third-order valence-electron chi connectivity index (χ3n) is 7.15. The molecule has 2 bridgehead atoms. The monoisotopic (exact) mass is 453 g/mol. The van der Waals surface area contributed by atoms with Gasteiger partial charge in [0.25, 0.3) is 5.91 Å². The number of aryl methyl sites for hydroxylation is 1. The van der Waals surface area contributed by atoms with Gasteiger partial charge in [0, 0.05) is 29.8 Å². The molecule has 4 heterocycles. The van der Waals surface area contributed by atoms with Crippen molar-refractivity contribution in [3.05, 3.63) is 75.7 Å². The van der Waals surface area contributed by atoms with Gasteiger partial charge in [-0.05, 0) is 61.1 Å². The topological polar surface area (TPSA) is 47.4 Å². The zero-order chi connectivity index (χ0) is 22.9. The van der Waals surface area contributed by atoms with E-state index in [0.717, 1.165) is 48.2 Å². The minimum atomic E-state index is -1.48. The van der Waals surface area contributed by atoms with Crippen molar-refractivity contribution in [2.45, 2.75) is 44.4 Å². The van der Waals surface area contributed by atoms with Gasteiger partial charge in [0.1, 0.15) is 0 Å². The summed E-state index contributed by atoms with van der Waals surface area (Å²) in [7, 11) is 1.70. The van der Waals surface area contributed by atoms with Crippen molar-refractivity contribution < 1.29 is 22.7 Å². The van der Waals surface area contributed by atoms with E-state index in [1.54, 1.807) is 11.7 Å². The third kappa shape index (κ3) is 3.11. The summed E-state index contributed by atoms with van der Waals surface area (Å²) < 4.78 is 48.5. The van der Waals surface area contributed by atoms with Crippen molar-refractivity contribution in [3.8, 4) is 11.3 Å². The largest absolute Gasteiger partial charge is 0.376 e.